The third-order valence-corrected chi connectivity index (χ3v) is 1.41. The summed E-state index contributed by atoms with van der Waals surface area (Å²) in [6.45, 7) is 3.68. The molecule has 0 amide bonds. The van der Waals surface area contributed by atoms with Crippen molar-refractivity contribution in [3.8, 4) is 0 Å². The summed E-state index contributed by atoms with van der Waals surface area (Å²) in [6, 6.07) is 0. The third-order valence-electron chi connectivity index (χ3n) is 1.41. The number of ether oxygens (including phenoxy) is 1. The van der Waals surface area contributed by atoms with Gasteiger partial charge in [0.15, 0.2) is 6.29 Å². The lowest BCUT2D eigenvalue weighted by atomic mass is 10.5. The Bertz CT molecular complexity index is 85.7. The van der Waals surface area contributed by atoms with Gasteiger partial charge in [0, 0.05) is 0 Å². The number of rotatable bonds is 4. The van der Waals surface area contributed by atoms with Crippen molar-refractivity contribution in [3.63, 3.8) is 0 Å². The van der Waals surface area contributed by atoms with E-state index in [1.165, 1.54) is 0 Å². The largest absolute Gasteiger partial charge is 0.332 e. The first kappa shape index (κ1) is 9.88. The summed E-state index contributed by atoms with van der Waals surface area (Å²) < 4.78 is 5.03. The van der Waals surface area contributed by atoms with E-state index in [1.54, 1.807) is 0 Å². The van der Waals surface area contributed by atoms with Gasteiger partial charge in [0.1, 0.15) is 6.23 Å². The normalized spacial score (nSPS) is 17.4. The van der Waals surface area contributed by atoms with Crippen LogP contribution >= 0.6 is 0 Å². The molecule has 3 nitrogen and oxygen atoms in total. The summed E-state index contributed by atoms with van der Waals surface area (Å²) in [7, 11) is 3.76. The minimum absolute atomic E-state index is 0.0811. The van der Waals surface area contributed by atoms with Crippen molar-refractivity contribution >= 4 is 0 Å². The molecule has 0 N–H and O–H groups in total. The van der Waals surface area contributed by atoms with Gasteiger partial charge in [-0.2, -0.15) is 0 Å². The Morgan fingerprint density at radius 3 is 2.30 bits per heavy atom. The zero-order valence-corrected chi connectivity index (χ0v) is 7.13. The smallest absolute Gasteiger partial charge is 0.192 e. The van der Waals surface area contributed by atoms with E-state index in [9.17, 15) is 5.11 Å². The van der Waals surface area contributed by atoms with E-state index >= 15 is 0 Å². The SMILES string of the molecule is CCC([O])OC(C)N(C)C. The van der Waals surface area contributed by atoms with Crippen LogP contribution in [0, 0.1) is 0 Å². The minimum atomic E-state index is -0.877. The molecule has 0 heterocycles. The third kappa shape index (κ3) is 3.82. The average molecular weight is 146 g/mol. The molecule has 0 bridgehead atoms. The zero-order chi connectivity index (χ0) is 8.15. The van der Waals surface area contributed by atoms with Crippen molar-refractivity contribution < 1.29 is 9.84 Å². The summed E-state index contributed by atoms with van der Waals surface area (Å²) >= 11 is 0. The molecule has 10 heavy (non-hydrogen) atoms. The monoisotopic (exact) mass is 146 g/mol. The van der Waals surface area contributed by atoms with Gasteiger partial charge in [0.05, 0.1) is 0 Å². The maximum absolute atomic E-state index is 10.8. The maximum Gasteiger partial charge on any atom is 0.192 e. The lowest BCUT2D eigenvalue weighted by Gasteiger charge is -2.21. The summed E-state index contributed by atoms with van der Waals surface area (Å²) in [4.78, 5) is 1.86. The van der Waals surface area contributed by atoms with Gasteiger partial charge in [-0.1, -0.05) is 6.92 Å². The first-order chi connectivity index (χ1) is 4.57. The molecule has 0 saturated carbocycles. The van der Waals surface area contributed by atoms with E-state index in [4.69, 9.17) is 4.74 Å². The van der Waals surface area contributed by atoms with Gasteiger partial charge < -0.3 is 4.74 Å². The van der Waals surface area contributed by atoms with Gasteiger partial charge >= 0.3 is 0 Å². The van der Waals surface area contributed by atoms with Gasteiger partial charge in [0.25, 0.3) is 0 Å². The quantitative estimate of drug-likeness (QED) is 0.556. The van der Waals surface area contributed by atoms with Crippen LogP contribution in [0.2, 0.25) is 0 Å². The van der Waals surface area contributed by atoms with Crippen LogP contribution in [0.3, 0.4) is 0 Å². The number of hydrogen-bond acceptors (Lipinski definition) is 2. The maximum atomic E-state index is 10.8. The van der Waals surface area contributed by atoms with Crippen LogP contribution in [0.25, 0.3) is 0 Å². The van der Waals surface area contributed by atoms with Crippen LogP contribution in [0.4, 0.5) is 0 Å². The molecule has 0 rings (SSSR count). The zero-order valence-electron chi connectivity index (χ0n) is 7.13. The molecule has 2 atom stereocenters. The van der Waals surface area contributed by atoms with Crippen molar-refractivity contribution in [2.24, 2.45) is 0 Å². The lowest BCUT2D eigenvalue weighted by molar-refractivity contribution is -0.195. The van der Waals surface area contributed by atoms with Crippen molar-refractivity contribution in [1.82, 2.24) is 4.90 Å². The molecule has 0 aromatic rings. The molecule has 0 spiro atoms. The minimum Gasteiger partial charge on any atom is -0.332 e. The molecular weight excluding hydrogens is 130 g/mol. The second-order valence-corrected chi connectivity index (χ2v) is 2.54. The second kappa shape index (κ2) is 4.66. The molecule has 0 fully saturated rings. The average Bonchev–Trinajstić information content (AvgIpc) is 1.87. The van der Waals surface area contributed by atoms with E-state index in [1.807, 2.05) is 32.8 Å². The Balaban J connectivity index is 3.46. The molecule has 3 heteroatoms. The van der Waals surface area contributed by atoms with E-state index in [0.29, 0.717) is 6.42 Å². The fourth-order valence-corrected chi connectivity index (χ4v) is 0.438. The van der Waals surface area contributed by atoms with Crippen molar-refractivity contribution in [3.05, 3.63) is 0 Å². The fourth-order valence-electron chi connectivity index (χ4n) is 0.438. The molecule has 0 saturated heterocycles. The predicted octanol–water partition coefficient (Wildman–Crippen LogP) is 1.08. The molecular formula is C7H16NO2. The summed E-state index contributed by atoms with van der Waals surface area (Å²) in [5, 5.41) is 10.8. The Hall–Kier alpha value is -0.120. The molecule has 0 aliphatic carbocycles. The van der Waals surface area contributed by atoms with Crippen molar-refractivity contribution in [1.29, 1.82) is 0 Å². The fraction of sp³-hybridized carbons (Fsp3) is 1.00. The highest BCUT2D eigenvalue weighted by atomic mass is 16.6. The van der Waals surface area contributed by atoms with Crippen molar-refractivity contribution in [2.45, 2.75) is 32.8 Å². The summed E-state index contributed by atoms with van der Waals surface area (Å²) in [6.07, 6.45) is -0.433. The van der Waals surface area contributed by atoms with Crippen LogP contribution < -0.4 is 0 Å². The molecule has 2 unspecified atom stereocenters. The van der Waals surface area contributed by atoms with Gasteiger partial charge in [-0.25, -0.2) is 5.11 Å². The van der Waals surface area contributed by atoms with E-state index in [-0.39, 0.29) is 6.23 Å². The van der Waals surface area contributed by atoms with Crippen LogP contribution in [0.15, 0.2) is 0 Å². The molecule has 61 valence electrons. The standard InChI is InChI=1S/C7H16NO2/c1-5-7(9)10-6(2)8(3)4/h6-7H,5H2,1-4H3. The highest BCUT2D eigenvalue weighted by molar-refractivity contribution is 4.45. The second-order valence-electron chi connectivity index (χ2n) is 2.54. The molecule has 0 aromatic carbocycles. The molecule has 1 radical (unpaired) electrons. The van der Waals surface area contributed by atoms with Crippen LogP contribution in [-0.2, 0) is 9.84 Å². The van der Waals surface area contributed by atoms with E-state index in [2.05, 4.69) is 0 Å². The van der Waals surface area contributed by atoms with Gasteiger partial charge in [-0.3, -0.25) is 4.90 Å². The summed E-state index contributed by atoms with van der Waals surface area (Å²) in [5.41, 5.74) is 0. The first-order valence-electron chi connectivity index (χ1n) is 3.55. The Labute approximate surface area is 62.6 Å². The Kier molecular flexibility index (Phi) is 4.60. The highest BCUT2D eigenvalue weighted by Crippen LogP contribution is 2.01. The lowest BCUT2D eigenvalue weighted by Crippen LogP contribution is -2.31. The highest BCUT2D eigenvalue weighted by Gasteiger charge is 2.10. The predicted molar refractivity (Wildman–Crippen MR) is 39.0 cm³/mol. The van der Waals surface area contributed by atoms with Crippen molar-refractivity contribution in [2.75, 3.05) is 14.1 Å². The van der Waals surface area contributed by atoms with Gasteiger partial charge in [-0.15, -0.1) is 0 Å². The first-order valence-corrected chi connectivity index (χ1v) is 3.55. The van der Waals surface area contributed by atoms with Crippen LogP contribution in [0.1, 0.15) is 20.3 Å². The number of nitrogens with zero attached hydrogens (tertiary/aromatic N) is 1. The topological polar surface area (TPSA) is 32.4 Å². The van der Waals surface area contributed by atoms with E-state index in [0.717, 1.165) is 0 Å². The Morgan fingerprint density at radius 2 is 2.00 bits per heavy atom. The van der Waals surface area contributed by atoms with Crippen LogP contribution in [0.5, 0.6) is 0 Å². The summed E-state index contributed by atoms with van der Waals surface area (Å²) in [5.74, 6) is 0. The molecule has 0 aliphatic heterocycles. The number of hydrogen-bond donors (Lipinski definition) is 0. The van der Waals surface area contributed by atoms with E-state index < -0.39 is 6.29 Å². The van der Waals surface area contributed by atoms with Gasteiger partial charge in [-0.05, 0) is 27.4 Å². The van der Waals surface area contributed by atoms with Crippen LogP contribution in [-0.4, -0.2) is 31.5 Å². The van der Waals surface area contributed by atoms with Gasteiger partial charge in [0.2, 0.25) is 0 Å². The molecule has 0 aliphatic rings. The Morgan fingerprint density at radius 1 is 1.50 bits per heavy atom. The molecule has 0 aromatic heterocycles.